The van der Waals surface area contributed by atoms with Crippen molar-refractivity contribution in [2.45, 2.75) is 37.4 Å². The van der Waals surface area contributed by atoms with Gasteiger partial charge in [-0.25, -0.2) is 0 Å². The van der Waals surface area contributed by atoms with Gasteiger partial charge in [-0.2, -0.15) is 13.2 Å². The van der Waals surface area contributed by atoms with Crippen LogP contribution in [0.3, 0.4) is 0 Å². The lowest BCUT2D eigenvalue weighted by atomic mass is 9.97. The zero-order valence-electron chi connectivity index (χ0n) is 16.8. The van der Waals surface area contributed by atoms with Crippen molar-refractivity contribution in [3.05, 3.63) is 53.1 Å². The van der Waals surface area contributed by atoms with E-state index in [1.807, 2.05) is 0 Å². The van der Waals surface area contributed by atoms with Crippen LogP contribution in [-0.4, -0.2) is 65.2 Å². The van der Waals surface area contributed by atoms with Gasteiger partial charge in [-0.1, -0.05) is 18.2 Å². The van der Waals surface area contributed by atoms with E-state index in [0.29, 0.717) is 17.8 Å². The summed E-state index contributed by atoms with van der Waals surface area (Å²) in [6.07, 6.45) is -4.57. The van der Waals surface area contributed by atoms with Crippen LogP contribution in [0.15, 0.2) is 42.0 Å². The van der Waals surface area contributed by atoms with E-state index in [1.165, 1.54) is 17.1 Å². The summed E-state index contributed by atoms with van der Waals surface area (Å²) >= 11 is 0. The topological polar surface area (TPSA) is 115 Å². The number of rotatable bonds is 4. The maximum absolute atomic E-state index is 13.1. The zero-order valence-corrected chi connectivity index (χ0v) is 16.8. The molecule has 0 radical (unpaired) electrons. The number of nitrogens with one attached hydrogen (secondary N) is 3. The molecule has 1 fully saturated rings. The third-order valence-corrected chi connectivity index (χ3v) is 5.63. The Morgan fingerprint density at radius 3 is 2.91 bits per heavy atom. The Balaban J connectivity index is 1.42. The number of allylic oxidation sites excluding steroid dienone is 2. The maximum atomic E-state index is 13.1. The molecule has 2 heterocycles. The summed E-state index contributed by atoms with van der Waals surface area (Å²) in [7, 11) is 0. The van der Waals surface area contributed by atoms with Crippen LogP contribution in [0.2, 0.25) is 0 Å². The molecule has 11 heteroatoms. The molecule has 4 rings (SSSR count). The van der Waals surface area contributed by atoms with Crippen molar-refractivity contribution in [3.8, 4) is 0 Å². The SMILES string of the molecule is N=C1NCc2cc(NC(=O)[C@H](O)[C@H]3OCCN(C4C=CC=C(C(F)(F)F)C4)C3=O)ccc21. The van der Waals surface area contributed by atoms with E-state index in [4.69, 9.17) is 10.1 Å². The van der Waals surface area contributed by atoms with Crippen LogP contribution in [-0.2, 0) is 20.9 Å². The summed E-state index contributed by atoms with van der Waals surface area (Å²) < 4.78 is 44.5. The van der Waals surface area contributed by atoms with Crippen LogP contribution in [0, 0.1) is 5.41 Å². The van der Waals surface area contributed by atoms with E-state index in [9.17, 15) is 27.9 Å². The fraction of sp³-hybridized carbons (Fsp3) is 0.381. The molecule has 3 atom stereocenters. The summed E-state index contributed by atoms with van der Waals surface area (Å²) in [4.78, 5) is 26.6. The number of amidine groups is 1. The lowest BCUT2D eigenvalue weighted by Crippen LogP contribution is -2.57. The normalized spacial score (nSPS) is 24.0. The predicted octanol–water partition coefficient (Wildman–Crippen LogP) is 1.46. The lowest BCUT2D eigenvalue weighted by Gasteiger charge is -2.39. The highest BCUT2D eigenvalue weighted by molar-refractivity contribution is 6.02. The Bertz CT molecular complexity index is 1020. The lowest BCUT2D eigenvalue weighted by molar-refractivity contribution is -0.168. The Morgan fingerprint density at radius 2 is 2.16 bits per heavy atom. The Kier molecular flexibility index (Phi) is 5.78. The number of aliphatic hydroxyl groups excluding tert-OH is 1. The monoisotopic (exact) mass is 450 g/mol. The minimum Gasteiger partial charge on any atom is -0.380 e. The molecule has 1 unspecified atom stereocenters. The number of benzene rings is 1. The first-order chi connectivity index (χ1) is 15.1. The Morgan fingerprint density at radius 1 is 1.38 bits per heavy atom. The van der Waals surface area contributed by atoms with Crippen LogP contribution in [0.1, 0.15) is 17.5 Å². The standard InChI is InChI=1S/C21H21F3N4O4/c22-21(23,24)12-2-1-3-14(9-12)28-6-7-32-17(20(28)31)16(29)19(30)27-13-4-5-15-11(8-13)10-26-18(15)25/h1-5,8,14,16-17,29H,6-7,9-10H2,(H2,25,26)(H,27,30)/t14?,16-,17-/m1/s1. The van der Waals surface area contributed by atoms with E-state index < -0.39 is 48.2 Å². The number of amides is 2. The van der Waals surface area contributed by atoms with Crippen LogP contribution < -0.4 is 10.6 Å². The highest BCUT2D eigenvalue weighted by Crippen LogP contribution is 2.33. The quantitative estimate of drug-likeness (QED) is 0.555. The number of anilines is 1. The second kappa shape index (κ2) is 8.40. The van der Waals surface area contributed by atoms with Crippen molar-refractivity contribution in [1.29, 1.82) is 5.41 Å². The molecule has 3 aliphatic rings. The molecule has 8 nitrogen and oxygen atoms in total. The highest BCUT2D eigenvalue weighted by atomic mass is 19.4. The summed E-state index contributed by atoms with van der Waals surface area (Å²) in [6, 6.07) is 4.04. The average Bonchev–Trinajstić information content (AvgIpc) is 3.13. The third kappa shape index (κ3) is 4.26. The van der Waals surface area contributed by atoms with Crippen molar-refractivity contribution in [1.82, 2.24) is 10.2 Å². The van der Waals surface area contributed by atoms with Crippen molar-refractivity contribution in [3.63, 3.8) is 0 Å². The number of carbonyl (C=O) groups is 2. The first-order valence-electron chi connectivity index (χ1n) is 9.96. The number of hydrogen-bond acceptors (Lipinski definition) is 5. The van der Waals surface area contributed by atoms with Gasteiger partial charge in [0.1, 0.15) is 5.84 Å². The molecular formula is C21H21F3N4O4. The third-order valence-electron chi connectivity index (χ3n) is 5.63. The number of hydrogen-bond donors (Lipinski definition) is 4. The van der Waals surface area contributed by atoms with Crippen LogP contribution >= 0.6 is 0 Å². The fourth-order valence-corrected chi connectivity index (χ4v) is 3.96. The van der Waals surface area contributed by atoms with E-state index in [-0.39, 0.29) is 19.0 Å². The molecular weight excluding hydrogens is 429 g/mol. The minimum atomic E-state index is -4.50. The number of aliphatic hydroxyl groups is 1. The molecule has 1 aromatic carbocycles. The zero-order chi connectivity index (χ0) is 23.0. The van der Waals surface area contributed by atoms with Gasteiger partial charge in [0.15, 0.2) is 12.2 Å². The molecule has 0 bridgehead atoms. The summed E-state index contributed by atoms with van der Waals surface area (Å²) in [5.74, 6) is -1.34. The van der Waals surface area contributed by atoms with Gasteiger partial charge in [-0.3, -0.25) is 15.0 Å². The molecule has 2 aliphatic heterocycles. The molecule has 0 spiro atoms. The Labute approximate surface area is 181 Å². The molecule has 32 heavy (non-hydrogen) atoms. The number of carbonyl (C=O) groups excluding carboxylic acids is 2. The minimum absolute atomic E-state index is 0.0250. The number of fused-ring (bicyclic) bond motifs is 1. The summed E-state index contributed by atoms with van der Waals surface area (Å²) in [6.45, 7) is 0.458. The second-order valence-electron chi connectivity index (χ2n) is 7.70. The van der Waals surface area contributed by atoms with Gasteiger partial charge in [0.05, 0.1) is 12.6 Å². The maximum Gasteiger partial charge on any atom is 0.412 e. The van der Waals surface area contributed by atoms with Crippen molar-refractivity contribution in [2.24, 2.45) is 0 Å². The van der Waals surface area contributed by atoms with Crippen molar-refractivity contribution >= 4 is 23.3 Å². The molecule has 1 saturated heterocycles. The number of ether oxygens (including phenoxy) is 1. The van der Waals surface area contributed by atoms with Gasteiger partial charge < -0.3 is 25.4 Å². The Hall–Kier alpha value is -3.18. The van der Waals surface area contributed by atoms with Gasteiger partial charge >= 0.3 is 6.18 Å². The molecule has 2 amide bonds. The second-order valence-corrected chi connectivity index (χ2v) is 7.70. The number of halogens is 3. The first-order valence-corrected chi connectivity index (χ1v) is 9.96. The molecule has 4 N–H and O–H groups in total. The van der Waals surface area contributed by atoms with Gasteiger partial charge in [-0.15, -0.1) is 0 Å². The molecule has 0 saturated carbocycles. The molecule has 0 aromatic heterocycles. The van der Waals surface area contributed by atoms with Crippen molar-refractivity contribution in [2.75, 3.05) is 18.5 Å². The van der Waals surface area contributed by atoms with Gasteiger partial charge in [0.2, 0.25) is 0 Å². The fourth-order valence-electron chi connectivity index (χ4n) is 3.96. The average molecular weight is 450 g/mol. The van der Waals surface area contributed by atoms with Gasteiger partial charge in [0, 0.05) is 36.3 Å². The van der Waals surface area contributed by atoms with Crippen LogP contribution in [0.5, 0.6) is 0 Å². The van der Waals surface area contributed by atoms with Gasteiger partial charge in [-0.05, 0) is 23.8 Å². The van der Waals surface area contributed by atoms with E-state index in [1.54, 1.807) is 18.2 Å². The summed E-state index contributed by atoms with van der Waals surface area (Å²) in [5.41, 5.74) is 1.13. The smallest absolute Gasteiger partial charge is 0.380 e. The number of nitrogens with zero attached hydrogens (tertiary/aromatic N) is 1. The molecule has 1 aromatic rings. The van der Waals surface area contributed by atoms with E-state index >= 15 is 0 Å². The highest BCUT2D eigenvalue weighted by Gasteiger charge is 2.43. The summed E-state index contributed by atoms with van der Waals surface area (Å²) in [5, 5.41) is 23.6. The molecule has 1 aliphatic carbocycles. The van der Waals surface area contributed by atoms with Gasteiger partial charge in [0.25, 0.3) is 11.8 Å². The van der Waals surface area contributed by atoms with E-state index in [2.05, 4.69) is 10.6 Å². The van der Waals surface area contributed by atoms with Crippen LogP contribution in [0.4, 0.5) is 18.9 Å². The van der Waals surface area contributed by atoms with Crippen LogP contribution in [0.25, 0.3) is 0 Å². The predicted molar refractivity (Wildman–Crippen MR) is 108 cm³/mol. The van der Waals surface area contributed by atoms with E-state index in [0.717, 1.165) is 11.6 Å². The van der Waals surface area contributed by atoms with Crippen molar-refractivity contribution < 1.29 is 32.6 Å². The molecule has 170 valence electrons. The number of morpholine rings is 1. The first kappa shape index (κ1) is 22.0. The largest absolute Gasteiger partial charge is 0.412 e. The number of alkyl halides is 3.